The Hall–Kier alpha value is -0.950. The molecule has 0 radical (unpaired) electrons. The molecular formula is C8H10N3P. The first kappa shape index (κ1) is 7.69. The van der Waals surface area contributed by atoms with E-state index in [9.17, 15) is 0 Å². The van der Waals surface area contributed by atoms with E-state index in [1.165, 1.54) is 5.56 Å². The van der Waals surface area contributed by atoms with Crippen molar-refractivity contribution in [2.24, 2.45) is 0 Å². The fourth-order valence-corrected chi connectivity index (χ4v) is 1.76. The molecular weight excluding hydrogens is 169 g/mol. The van der Waals surface area contributed by atoms with Gasteiger partial charge in [0.05, 0.1) is 0 Å². The molecule has 4 heteroatoms. The lowest BCUT2D eigenvalue weighted by Crippen LogP contribution is -1.83. The van der Waals surface area contributed by atoms with E-state index in [-0.39, 0.29) is 0 Å². The Balaban J connectivity index is 2.70. The van der Waals surface area contributed by atoms with Gasteiger partial charge < -0.3 is 4.98 Å². The molecule has 0 amide bonds. The lowest BCUT2D eigenvalue weighted by Gasteiger charge is -1.99. The number of hydrogen-bond donors (Lipinski definition) is 1. The summed E-state index contributed by atoms with van der Waals surface area (Å²) in [7, 11) is 0.782. The zero-order valence-electron chi connectivity index (χ0n) is 7.07. The number of rotatable bonds is 1. The third-order valence-electron chi connectivity index (χ3n) is 1.94. The van der Waals surface area contributed by atoms with Gasteiger partial charge in [0.2, 0.25) is 0 Å². The molecule has 0 unspecified atom stereocenters. The standard InChI is InChI=1S/C8H10N3P/c1-5(2)6-3-9-8-7(6)4-10-12-11-8/h3-5H,1-2H3,(H,9,10,11). The van der Waals surface area contributed by atoms with E-state index in [0.29, 0.717) is 5.92 Å². The molecule has 0 aliphatic rings. The molecule has 2 rings (SSSR count). The average molecular weight is 179 g/mol. The van der Waals surface area contributed by atoms with Crippen LogP contribution in [-0.4, -0.2) is 14.5 Å². The second-order valence-corrected chi connectivity index (χ2v) is 3.70. The minimum Gasteiger partial charge on any atom is -0.345 e. The van der Waals surface area contributed by atoms with E-state index in [1.54, 1.807) is 0 Å². The highest BCUT2D eigenvalue weighted by molar-refractivity contribution is 7.20. The van der Waals surface area contributed by atoms with Crippen LogP contribution in [0.5, 0.6) is 0 Å². The molecule has 3 nitrogen and oxygen atoms in total. The number of nitrogens with zero attached hydrogens (tertiary/aromatic N) is 2. The molecule has 0 bridgehead atoms. The summed E-state index contributed by atoms with van der Waals surface area (Å²) in [6.07, 6.45) is 3.92. The van der Waals surface area contributed by atoms with Crippen molar-refractivity contribution in [2.45, 2.75) is 19.8 Å². The highest BCUT2D eigenvalue weighted by atomic mass is 31.1. The van der Waals surface area contributed by atoms with Crippen molar-refractivity contribution in [3.8, 4) is 0 Å². The third-order valence-corrected chi connectivity index (χ3v) is 2.44. The van der Waals surface area contributed by atoms with E-state index >= 15 is 0 Å². The molecule has 0 aromatic carbocycles. The van der Waals surface area contributed by atoms with E-state index in [4.69, 9.17) is 0 Å². The zero-order valence-corrected chi connectivity index (χ0v) is 7.97. The molecule has 0 atom stereocenters. The van der Waals surface area contributed by atoms with Gasteiger partial charge in [0.15, 0.2) is 8.51 Å². The lowest BCUT2D eigenvalue weighted by molar-refractivity contribution is 0.875. The summed E-state index contributed by atoms with van der Waals surface area (Å²) in [6, 6.07) is 0. The summed E-state index contributed by atoms with van der Waals surface area (Å²) in [5.74, 6) is 0.529. The molecule has 0 aliphatic carbocycles. The highest BCUT2D eigenvalue weighted by Crippen LogP contribution is 2.23. The van der Waals surface area contributed by atoms with Gasteiger partial charge in [-0.25, -0.2) is 4.75 Å². The van der Waals surface area contributed by atoms with Gasteiger partial charge in [0, 0.05) is 17.8 Å². The maximum atomic E-state index is 4.21. The normalized spacial score (nSPS) is 11.9. The van der Waals surface area contributed by atoms with Crippen molar-refractivity contribution < 1.29 is 0 Å². The van der Waals surface area contributed by atoms with Crippen LogP contribution in [0.15, 0.2) is 12.4 Å². The van der Waals surface area contributed by atoms with Gasteiger partial charge in [-0.15, -0.1) is 0 Å². The average Bonchev–Trinajstić information content (AvgIpc) is 2.47. The van der Waals surface area contributed by atoms with Crippen LogP contribution in [0.2, 0.25) is 0 Å². The Kier molecular flexibility index (Phi) is 1.81. The van der Waals surface area contributed by atoms with Crippen molar-refractivity contribution in [3.63, 3.8) is 0 Å². The molecule has 2 heterocycles. The number of nitrogens with one attached hydrogen (secondary N) is 1. The molecule has 0 spiro atoms. The van der Waals surface area contributed by atoms with Gasteiger partial charge >= 0.3 is 0 Å². The van der Waals surface area contributed by atoms with Crippen LogP contribution < -0.4 is 0 Å². The highest BCUT2D eigenvalue weighted by Gasteiger charge is 2.06. The smallest absolute Gasteiger partial charge is 0.156 e. The van der Waals surface area contributed by atoms with E-state index < -0.39 is 0 Å². The first-order chi connectivity index (χ1) is 5.79. The maximum Gasteiger partial charge on any atom is 0.156 e. The van der Waals surface area contributed by atoms with Gasteiger partial charge in [-0.05, 0) is 11.5 Å². The topological polar surface area (TPSA) is 41.6 Å². The minimum absolute atomic E-state index is 0.529. The molecule has 0 saturated heterocycles. The Bertz CT molecular complexity index is 394. The molecule has 0 aliphatic heterocycles. The monoisotopic (exact) mass is 179 g/mol. The number of aromatic nitrogens is 3. The molecule has 1 N–H and O–H groups in total. The Morgan fingerprint density at radius 2 is 2.33 bits per heavy atom. The van der Waals surface area contributed by atoms with Gasteiger partial charge in [-0.1, -0.05) is 13.8 Å². The fraction of sp³-hybridized carbons (Fsp3) is 0.375. The summed E-state index contributed by atoms with van der Waals surface area (Å²) in [4.78, 5) is 3.14. The minimum atomic E-state index is 0.529. The summed E-state index contributed by atoms with van der Waals surface area (Å²) in [5, 5.41) is 1.16. The summed E-state index contributed by atoms with van der Waals surface area (Å²) in [5.41, 5.74) is 2.27. The van der Waals surface area contributed by atoms with Crippen LogP contribution in [0.4, 0.5) is 0 Å². The number of aromatic amines is 1. The molecule has 12 heavy (non-hydrogen) atoms. The Morgan fingerprint density at radius 3 is 3.08 bits per heavy atom. The SMILES string of the molecule is CC(C)c1c[nH]c2npncc12. The van der Waals surface area contributed by atoms with Gasteiger partial charge in [-0.2, -0.15) is 4.75 Å². The van der Waals surface area contributed by atoms with E-state index in [2.05, 4.69) is 28.3 Å². The molecule has 2 aromatic heterocycles. The fourth-order valence-electron chi connectivity index (χ4n) is 1.29. The van der Waals surface area contributed by atoms with Crippen LogP contribution in [-0.2, 0) is 0 Å². The number of hydrogen-bond acceptors (Lipinski definition) is 2. The molecule has 2 aromatic rings. The Morgan fingerprint density at radius 1 is 1.50 bits per heavy atom. The molecule has 0 fully saturated rings. The predicted octanol–water partition coefficient (Wildman–Crippen LogP) is 2.66. The van der Waals surface area contributed by atoms with Crippen LogP contribution in [0, 0.1) is 0 Å². The largest absolute Gasteiger partial charge is 0.345 e. The second-order valence-electron chi connectivity index (χ2n) is 3.10. The van der Waals surface area contributed by atoms with Gasteiger partial charge in [0.25, 0.3) is 0 Å². The first-order valence-electron chi connectivity index (χ1n) is 3.94. The van der Waals surface area contributed by atoms with E-state index in [0.717, 1.165) is 19.5 Å². The van der Waals surface area contributed by atoms with Crippen LogP contribution in [0.1, 0.15) is 25.3 Å². The van der Waals surface area contributed by atoms with Gasteiger partial charge in [-0.3, -0.25) is 0 Å². The quantitative estimate of drug-likeness (QED) is 0.731. The second kappa shape index (κ2) is 2.83. The lowest BCUT2D eigenvalue weighted by atomic mass is 10.1. The number of H-pyrrole nitrogens is 1. The molecule has 62 valence electrons. The van der Waals surface area contributed by atoms with Crippen molar-refractivity contribution in [2.75, 3.05) is 0 Å². The Labute approximate surface area is 72.5 Å². The van der Waals surface area contributed by atoms with Crippen molar-refractivity contribution in [1.82, 2.24) is 14.5 Å². The van der Waals surface area contributed by atoms with Crippen molar-refractivity contribution in [1.29, 1.82) is 0 Å². The predicted molar refractivity (Wildman–Crippen MR) is 50.5 cm³/mol. The zero-order chi connectivity index (χ0) is 8.55. The summed E-state index contributed by atoms with van der Waals surface area (Å²) in [6.45, 7) is 4.34. The third kappa shape index (κ3) is 1.10. The van der Waals surface area contributed by atoms with Crippen molar-refractivity contribution in [3.05, 3.63) is 18.0 Å². The van der Waals surface area contributed by atoms with E-state index in [1.807, 2.05) is 12.4 Å². The summed E-state index contributed by atoms with van der Waals surface area (Å²) < 4.78 is 8.31. The maximum absolute atomic E-state index is 4.21. The van der Waals surface area contributed by atoms with Crippen LogP contribution in [0.25, 0.3) is 11.0 Å². The van der Waals surface area contributed by atoms with Crippen LogP contribution in [0.3, 0.4) is 0 Å². The molecule has 0 saturated carbocycles. The van der Waals surface area contributed by atoms with Gasteiger partial charge in [0.1, 0.15) is 5.65 Å². The summed E-state index contributed by atoms with van der Waals surface area (Å²) >= 11 is 0. The number of fused-ring (bicyclic) bond motifs is 1. The van der Waals surface area contributed by atoms with Crippen LogP contribution >= 0.6 is 8.51 Å². The first-order valence-corrected chi connectivity index (χ1v) is 4.74. The van der Waals surface area contributed by atoms with Crippen molar-refractivity contribution >= 4 is 19.5 Å².